The first-order valence-electron chi connectivity index (χ1n) is 8.81. The molecule has 0 bridgehead atoms. The van der Waals surface area contributed by atoms with E-state index in [0.717, 1.165) is 22.8 Å². The Bertz CT molecular complexity index is 1080. The highest BCUT2D eigenvalue weighted by atomic mass is 16.3. The first kappa shape index (κ1) is 15.7. The number of furan rings is 1. The molecule has 0 fully saturated rings. The Balaban J connectivity index is 1.66. The molecule has 1 amide bonds. The molecule has 1 aromatic carbocycles. The number of para-hydroxylation sites is 1. The van der Waals surface area contributed by atoms with Gasteiger partial charge in [0.1, 0.15) is 23.3 Å². The van der Waals surface area contributed by atoms with Gasteiger partial charge in [0.15, 0.2) is 0 Å². The third kappa shape index (κ3) is 2.49. The quantitative estimate of drug-likeness (QED) is 0.560. The number of nitrogens with zero attached hydrogens (tertiary/aromatic N) is 4. The van der Waals surface area contributed by atoms with Crippen LogP contribution in [0, 0.1) is 0 Å². The predicted octanol–water partition coefficient (Wildman–Crippen LogP) is 3.72. The molecule has 0 radical (unpaired) electrons. The zero-order chi connectivity index (χ0) is 18.4. The van der Waals surface area contributed by atoms with E-state index in [9.17, 15) is 4.79 Å². The SMILES string of the molecule is CN1c2ccccc2C(=O)N(Cc2ccco2)[C@@H]1c1cn2ccccc2n1. The summed E-state index contributed by atoms with van der Waals surface area (Å²) in [5.41, 5.74) is 3.26. The van der Waals surface area contributed by atoms with Crippen molar-refractivity contribution in [2.45, 2.75) is 12.7 Å². The maximum absolute atomic E-state index is 13.3. The lowest BCUT2D eigenvalue weighted by Gasteiger charge is -2.42. The number of anilines is 1. The van der Waals surface area contributed by atoms with Crippen LogP contribution in [0.15, 0.2) is 77.7 Å². The number of carbonyl (C=O) groups is 1. The van der Waals surface area contributed by atoms with Gasteiger partial charge >= 0.3 is 0 Å². The Labute approximate surface area is 156 Å². The lowest BCUT2D eigenvalue weighted by molar-refractivity contribution is 0.0615. The highest BCUT2D eigenvalue weighted by molar-refractivity contribution is 6.01. The Morgan fingerprint density at radius 1 is 1.07 bits per heavy atom. The fourth-order valence-corrected chi connectivity index (χ4v) is 3.73. The summed E-state index contributed by atoms with van der Waals surface area (Å²) in [4.78, 5) is 22.0. The Hall–Kier alpha value is -3.54. The number of amides is 1. The van der Waals surface area contributed by atoms with Gasteiger partial charge in [-0.3, -0.25) is 4.79 Å². The predicted molar refractivity (Wildman–Crippen MR) is 101 cm³/mol. The Kier molecular flexibility index (Phi) is 3.50. The van der Waals surface area contributed by atoms with Crippen LogP contribution in [-0.4, -0.2) is 27.2 Å². The number of fused-ring (bicyclic) bond motifs is 2. The van der Waals surface area contributed by atoms with Gasteiger partial charge in [0, 0.05) is 19.4 Å². The topological polar surface area (TPSA) is 54.0 Å². The second-order valence-electron chi connectivity index (χ2n) is 6.65. The average Bonchev–Trinajstić information content (AvgIpc) is 3.35. The normalized spacial score (nSPS) is 16.8. The smallest absolute Gasteiger partial charge is 0.258 e. The first-order chi connectivity index (χ1) is 13.2. The summed E-state index contributed by atoms with van der Waals surface area (Å²) in [5, 5.41) is 0. The molecule has 27 heavy (non-hydrogen) atoms. The number of hydrogen-bond donors (Lipinski definition) is 0. The summed E-state index contributed by atoms with van der Waals surface area (Å²) in [7, 11) is 2.00. The summed E-state index contributed by atoms with van der Waals surface area (Å²) < 4.78 is 7.48. The van der Waals surface area contributed by atoms with Gasteiger partial charge in [-0.25, -0.2) is 4.98 Å². The Morgan fingerprint density at radius 3 is 2.74 bits per heavy atom. The molecule has 0 N–H and O–H groups in total. The van der Waals surface area contributed by atoms with Crippen LogP contribution in [0.2, 0.25) is 0 Å². The van der Waals surface area contributed by atoms with Crippen molar-refractivity contribution in [2.75, 3.05) is 11.9 Å². The number of imidazole rings is 1. The minimum Gasteiger partial charge on any atom is -0.467 e. The van der Waals surface area contributed by atoms with Crippen molar-refractivity contribution >= 4 is 17.2 Å². The molecule has 4 aromatic rings. The molecule has 134 valence electrons. The average molecular weight is 358 g/mol. The Morgan fingerprint density at radius 2 is 1.93 bits per heavy atom. The molecule has 0 saturated carbocycles. The molecule has 0 saturated heterocycles. The number of hydrogen-bond acceptors (Lipinski definition) is 4. The molecule has 6 heteroatoms. The van der Waals surface area contributed by atoms with E-state index in [0.29, 0.717) is 12.1 Å². The summed E-state index contributed by atoms with van der Waals surface area (Å²) in [5.74, 6) is 0.715. The molecule has 1 aliphatic rings. The van der Waals surface area contributed by atoms with Gasteiger partial charge in [-0.05, 0) is 36.4 Å². The van der Waals surface area contributed by atoms with E-state index in [1.165, 1.54) is 0 Å². The monoisotopic (exact) mass is 358 g/mol. The van der Waals surface area contributed by atoms with Crippen LogP contribution in [0.3, 0.4) is 0 Å². The van der Waals surface area contributed by atoms with Gasteiger partial charge in [0.2, 0.25) is 0 Å². The molecule has 0 spiro atoms. The van der Waals surface area contributed by atoms with Gasteiger partial charge in [-0.1, -0.05) is 18.2 Å². The fraction of sp³-hybridized carbons (Fsp3) is 0.143. The molecule has 5 rings (SSSR count). The van der Waals surface area contributed by atoms with Crippen molar-refractivity contribution in [2.24, 2.45) is 0 Å². The largest absolute Gasteiger partial charge is 0.467 e. The molecule has 4 heterocycles. The van der Waals surface area contributed by atoms with E-state index in [-0.39, 0.29) is 12.1 Å². The van der Waals surface area contributed by atoms with Crippen LogP contribution in [0.25, 0.3) is 5.65 Å². The van der Waals surface area contributed by atoms with Gasteiger partial charge in [-0.2, -0.15) is 0 Å². The lowest BCUT2D eigenvalue weighted by Crippen LogP contribution is -2.47. The standard InChI is InChI=1S/C21H18N4O2/c1-23-18-9-3-2-8-16(18)21(26)25(13-15-7-6-12-27-15)20(23)17-14-24-11-5-4-10-19(24)22-17/h2-12,14,20H,13H2,1H3/t20-/m1/s1. The molecule has 0 unspecified atom stereocenters. The van der Waals surface area contributed by atoms with E-state index in [1.54, 1.807) is 6.26 Å². The van der Waals surface area contributed by atoms with Crippen LogP contribution in [0.5, 0.6) is 0 Å². The van der Waals surface area contributed by atoms with Crippen molar-refractivity contribution in [3.63, 3.8) is 0 Å². The summed E-state index contributed by atoms with van der Waals surface area (Å²) in [6, 6.07) is 17.3. The number of pyridine rings is 1. The van der Waals surface area contributed by atoms with Gasteiger partial charge in [0.05, 0.1) is 24.1 Å². The van der Waals surface area contributed by atoms with Gasteiger partial charge < -0.3 is 18.6 Å². The molecule has 6 nitrogen and oxygen atoms in total. The van der Waals surface area contributed by atoms with Crippen molar-refractivity contribution in [3.8, 4) is 0 Å². The third-order valence-corrected chi connectivity index (χ3v) is 4.99. The summed E-state index contributed by atoms with van der Waals surface area (Å²) >= 11 is 0. The number of aromatic nitrogens is 2. The molecule has 0 aliphatic carbocycles. The minimum atomic E-state index is -0.322. The maximum atomic E-state index is 13.3. The van der Waals surface area contributed by atoms with Crippen molar-refractivity contribution in [3.05, 3.63) is 90.3 Å². The molecule has 1 atom stereocenters. The fourth-order valence-electron chi connectivity index (χ4n) is 3.73. The highest BCUT2D eigenvalue weighted by Crippen LogP contribution is 2.38. The van der Waals surface area contributed by atoms with Crippen LogP contribution >= 0.6 is 0 Å². The minimum absolute atomic E-state index is 0.0258. The number of carbonyl (C=O) groups excluding carboxylic acids is 1. The zero-order valence-corrected chi connectivity index (χ0v) is 14.8. The van der Waals surface area contributed by atoms with Crippen LogP contribution < -0.4 is 4.90 Å². The first-order valence-corrected chi connectivity index (χ1v) is 8.81. The number of rotatable bonds is 3. The zero-order valence-electron chi connectivity index (χ0n) is 14.8. The van der Waals surface area contributed by atoms with E-state index in [4.69, 9.17) is 9.40 Å². The van der Waals surface area contributed by atoms with Crippen LogP contribution in [-0.2, 0) is 6.54 Å². The lowest BCUT2D eigenvalue weighted by atomic mass is 10.0. The summed E-state index contributed by atoms with van der Waals surface area (Å²) in [6.07, 6.45) is 5.24. The van der Waals surface area contributed by atoms with E-state index in [2.05, 4.69) is 4.90 Å². The van der Waals surface area contributed by atoms with Gasteiger partial charge in [-0.15, -0.1) is 0 Å². The second-order valence-corrected chi connectivity index (χ2v) is 6.65. The number of benzene rings is 1. The van der Waals surface area contributed by atoms with Crippen molar-refractivity contribution < 1.29 is 9.21 Å². The van der Waals surface area contributed by atoms with Crippen molar-refractivity contribution in [1.29, 1.82) is 0 Å². The van der Waals surface area contributed by atoms with Crippen molar-refractivity contribution in [1.82, 2.24) is 14.3 Å². The third-order valence-electron chi connectivity index (χ3n) is 4.99. The van der Waals surface area contributed by atoms with E-state index >= 15 is 0 Å². The van der Waals surface area contributed by atoms with E-state index < -0.39 is 0 Å². The van der Waals surface area contributed by atoms with Gasteiger partial charge in [0.25, 0.3) is 5.91 Å². The molecule has 3 aromatic heterocycles. The van der Waals surface area contributed by atoms with Crippen LogP contribution in [0.4, 0.5) is 5.69 Å². The highest BCUT2D eigenvalue weighted by Gasteiger charge is 2.38. The molecular formula is C21H18N4O2. The molecular weight excluding hydrogens is 340 g/mol. The second kappa shape index (κ2) is 6.02. The molecule has 1 aliphatic heterocycles. The summed E-state index contributed by atoms with van der Waals surface area (Å²) in [6.45, 7) is 0.378. The van der Waals surface area contributed by atoms with Crippen LogP contribution in [0.1, 0.15) is 28.0 Å². The maximum Gasteiger partial charge on any atom is 0.258 e. The van der Waals surface area contributed by atoms with E-state index in [1.807, 2.05) is 83.3 Å².